The third kappa shape index (κ3) is 3.74. The molecule has 0 unspecified atom stereocenters. The predicted molar refractivity (Wildman–Crippen MR) is 76.5 cm³/mol. The topological polar surface area (TPSA) is 39.4 Å². The van der Waals surface area contributed by atoms with Crippen molar-refractivity contribution >= 4 is 11.4 Å². The van der Waals surface area contributed by atoms with Crippen molar-refractivity contribution in [1.29, 1.82) is 5.26 Å². The fourth-order valence-corrected chi connectivity index (χ4v) is 1.44. The van der Waals surface area contributed by atoms with Crippen LogP contribution in [0.15, 0.2) is 41.1 Å². The summed E-state index contributed by atoms with van der Waals surface area (Å²) in [7, 11) is 0. The zero-order chi connectivity index (χ0) is 13.5. The highest BCUT2D eigenvalue weighted by Crippen LogP contribution is 2.21. The van der Waals surface area contributed by atoms with Crippen LogP contribution in [-0.2, 0) is 0 Å². The van der Waals surface area contributed by atoms with E-state index in [4.69, 9.17) is 5.26 Å². The maximum absolute atomic E-state index is 9.15. The second kappa shape index (κ2) is 6.61. The Hall–Kier alpha value is -2.08. The number of hydrazone groups is 1. The molecular formula is C15H19N3. The van der Waals surface area contributed by atoms with Crippen LogP contribution in [0.2, 0.25) is 0 Å². The Morgan fingerprint density at radius 2 is 2.00 bits per heavy atom. The normalized spacial score (nSPS) is 10.7. The lowest BCUT2D eigenvalue weighted by atomic mass is 10.2. The van der Waals surface area contributed by atoms with Crippen molar-refractivity contribution in [2.45, 2.75) is 34.1 Å². The van der Waals surface area contributed by atoms with Crippen molar-refractivity contribution in [1.82, 2.24) is 0 Å². The first-order valence-electron chi connectivity index (χ1n) is 6.06. The van der Waals surface area contributed by atoms with Gasteiger partial charge in [0.1, 0.15) is 6.07 Å². The van der Waals surface area contributed by atoms with Crippen molar-refractivity contribution in [3.63, 3.8) is 0 Å². The van der Waals surface area contributed by atoms with Gasteiger partial charge in [-0.3, -0.25) is 0 Å². The fraction of sp³-hybridized carbons (Fsp3) is 0.333. The van der Waals surface area contributed by atoms with Crippen LogP contribution in [0.25, 0.3) is 0 Å². The summed E-state index contributed by atoms with van der Waals surface area (Å²) in [4.78, 5) is 0. The van der Waals surface area contributed by atoms with Crippen LogP contribution in [0.4, 0.5) is 5.69 Å². The van der Waals surface area contributed by atoms with Crippen molar-refractivity contribution in [3.8, 4) is 6.07 Å². The SMILES string of the molecule is CC/C(C)=C/N(N=C(C)C)c1ccccc1C#N. The standard InChI is InChI=1S/C15H19N3/c1-5-13(4)11-18(17-12(2)3)15-9-7-6-8-14(15)10-16/h6-9,11H,5H2,1-4H3/b13-11+. The lowest BCUT2D eigenvalue weighted by molar-refractivity contribution is 1.00. The zero-order valence-electron chi connectivity index (χ0n) is 11.4. The van der Waals surface area contributed by atoms with E-state index in [-0.39, 0.29) is 0 Å². The highest BCUT2D eigenvalue weighted by Gasteiger charge is 2.07. The molecule has 0 spiro atoms. The summed E-state index contributed by atoms with van der Waals surface area (Å²) in [5.41, 5.74) is 3.60. The van der Waals surface area contributed by atoms with E-state index in [1.165, 1.54) is 5.57 Å². The molecule has 94 valence electrons. The number of benzene rings is 1. The Balaban J connectivity index is 3.27. The first-order chi connectivity index (χ1) is 8.58. The number of hydrogen-bond acceptors (Lipinski definition) is 3. The minimum atomic E-state index is 0.627. The lowest BCUT2D eigenvalue weighted by Crippen LogP contribution is -2.12. The van der Waals surface area contributed by atoms with Gasteiger partial charge in [-0.25, -0.2) is 5.01 Å². The average Bonchev–Trinajstić information content (AvgIpc) is 2.37. The van der Waals surface area contributed by atoms with Crippen LogP contribution in [0.1, 0.15) is 39.7 Å². The number of hydrogen-bond donors (Lipinski definition) is 0. The number of nitrogens with zero attached hydrogens (tertiary/aromatic N) is 3. The molecule has 0 aliphatic carbocycles. The molecule has 0 heterocycles. The van der Waals surface area contributed by atoms with Crippen LogP contribution in [0, 0.1) is 11.3 Å². The third-order valence-electron chi connectivity index (χ3n) is 2.48. The fourth-order valence-electron chi connectivity index (χ4n) is 1.44. The molecule has 0 saturated heterocycles. The van der Waals surface area contributed by atoms with Crippen LogP contribution in [-0.4, -0.2) is 5.71 Å². The molecule has 1 rings (SSSR count). The first kappa shape index (κ1) is 14.0. The quantitative estimate of drug-likeness (QED) is 0.588. The number of rotatable bonds is 4. The lowest BCUT2D eigenvalue weighted by Gasteiger charge is -2.17. The largest absolute Gasteiger partial charge is 0.240 e. The highest BCUT2D eigenvalue weighted by molar-refractivity contribution is 5.80. The molecule has 3 nitrogen and oxygen atoms in total. The molecule has 0 bridgehead atoms. The van der Waals surface area contributed by atoms with Crippen molar-refractivity contribution in [3.05, 3.63) is 41.6 Å². The van der Waals surface area contributed by atoms with Crippen molar-refractivity contribution in [2.24, 2.45) is 5.10 Å². The van der Waals surface area contributed by atoms with Gasteiger partial charge >= 0.3 is 0 Å². The second-order valence-corrected chi connectivity index (χ2v) is 4.35. The zero-order valence-corrected chi connectivity index (χ0v) is 11.4. The summed E-state index contributed by atoms with van der Waals surface area (Å²) in [6, 6.07) is 9.69. The predicted octanol–water partition coefficient (Wildman–Crippen LogP) is 4.07. The molecular weight excluding hydrogens is 222 g/mol. The molecule has 0 aliphatic rings. The summed E-state index contributed by atoms with van der Waals surface area (Å²) < 4.78 is 0. The molecule has 0 radical (unpaired) electrons. The molecule has 0 amide bonds. The smallest absolute Gasteiger partial charge is 0.101 e. The minimum absolute atomic E-state index is 0.627. The van der Waals surface area contributed by atoms with E-state index < -0.39 is 0 Å². The Morgan fingerprint density at radius 3 is 2.56 bits per heavy atom. The minimum Gasteiger partial charge on any atom is -0.240 e. The Labute approximate surface area is 109 Å². The molecule has 0 fully saturated rings. The highest BCUT2D eigenvalue weighted by atomic mass is 15.4. The van der Waals surface area contributed by atoms with Gasteiger partial charge in [0.15, 0.2) is 0 Å². The van der Waals surface area contributed by atoms with E-state index in [0.29, 0.717) is 5.56 Å². The Kier molecular flexibility index (Phi) is 5.13. The van der Waals surface area contributed by atoms with Gasteiger partial charge < -0.3 is 0 Å². The van der Waals surface area contributed by atoms with E-state index in [1.807, 2.05) is 38.2 Å². The molecule has 1 aromatic carbocycles. The first-order valence-corrected chi connectivity index (χ1v) is 6.06. The Morgan fingerprint density at radius 1 is 1.33 bits per heavy atom. The number of nitriles is 1. The average molecular weight is 241 g/mol. The number of para-hydroxylation sites is 1. The van der Waals surface area contributed by atoms with Crippen LogP contribution in [0.5, 0.6) is 0 Å². The van der Waals surface area contributed by atoms with Gasteiger partial charge in [-0.2, -0.15) is 10.4 Å². The van der Waals surface area contributed by atoms with Gasteiger partial charge in [-0.15, -0.1) is 0 Å². The van der Waals surface area contributed by atoms with Gasteiger partial charge in [0, 0.05) is 11.9 Å². The number of anilines is 1. The van der Waals surface area contributed by atoms with E-state index in [0.717, 1.165) is 17.8 Å². The van der Waals surface area contributed by atoms with Crippen LogP contribution >= 0.6 is 0 Å². The maximum Gasteiger partial charge on any atom is 0.101 e. The van der Waals surface area contributed by atoms with Gasteiger partial charge in [-0.1, -0.05) is 24.6 Å². The van der Waals surface area contributed by atoms with E-state index in [2.05, 4.69) is 25.0 Å². The monoisotopic (exact) mass is 241 g/mol. The molecule has 1 aromatic rings. The Bertz CT molecular complexity index is 503. The summed E-state index contributed by atoms with van der Waals surface area (Å²) in [5.74, 6) is 0. The van der Waals surface area contributed by atoms with E-state index >= 15 is 0 Å². The van der Waals surface area contributed by atoms with Crippen LogP contribution < -0.4 is 5.01 Å². The van der Waals surface area contributed by atoms with Gasteiger partial charge in [0.2, 0.25) is 0 Å². The van der Waals surface area contributed by atoms with Gasteiger partial charge in [0.25, 0.3) is 0 Å². The number of allylic oxidation sites excluding steroid dienone is 1. The summed E-state index contributed by atoms with van der Waals surface area (Å²) in [5, 5.41) is 15.4. The van der Waals surface area contributed by atoms with Crippen molar-refractivity contribution < 1.29 is 0 Å². The summed E-state index contributed by atoms with van der Waals surface area (Å²) in [6.07, 6.45) is 2.94. The molecule has 0 atom stereocenters. The molecule has 0 aliphatic heterocycles. The molecule has 0 aromatic heterocycles. The summed E-state index contributed by atoms with van der Waals surface area (Å²) >= 11 is 0. The molecule has 0 saturated carbocycles. The van der Waals surface area contributed by atoms with E-state index in [1.54, 1.807) is 11.1 Å². The molecule has 18 heavy (non-hydrogen) atoms. The molecule has 3 heteroatoms. The van der Waals surface area contributed by atoms with Crippen LogP contribution in [0.3, 0.4) is 0 Å². The van der Waals surface area contributed by atoms with Crippen molar-refractivity contribution in [2.75, 3.05) is 5.01 Å². The summed E-state index contributed by atoms with van der Waals surface area (Å²) in [6.45, 7) is 8.04. The van der Waals surface area contributed by atoms with Gasteiger partial charge in [0.05, 0.1) is 11.3 Å². The maximum atomic E-state index is 9.15. The van der Waals surface area contributed by atoms with E-state index in [9.17, 15) is 0 Å². The second-order valence-electron chi connectivity index (χ2n) is 4.35. The molecule has 0 N–H and O–H groups in total. The third-order valence-corrected chi connectivity index (χ3v) is 2.48. The van der Waals surface area contributed by atoms with Gasteiger partial charge in [-0.05, 0) is 39.3 Å².